The molecule has 2 aliphatic rings. The van der Waals surface area contributed by atoms with E-state index in [1.54, 1.807) is 0 Å². The Kier molecular flexibility index (Phi) is 6.71. The van der Waals surface area contributed by atoms with Crippen LogP contribution in [-0.2, 0) is 14.2 Å². The first-order valence-electron chi connectivity index (χ1n) is 10.6. The van der Waals surface area contributed by atoms with Gasteiger partial charge in [0.15, 0.2) is 29.1 Å². The maximum Gasteiger partial charge on any atom is 0.339 e. The molecule has 4 rings (SSSR count). The Balaban J connectivity index is 1.59. The van der Waals surface area contributed by atoms with Crippen LogP contribution in [0.5, 0.6) is 34.5 Å². The molecule has 0 amide bonds. The van der Waals surface area contributed by atoms with Crippen LogP contribution >= 0.6 is 0 Å². The summed E-state index contributed by atoms with van der Waals surface area (Å²) in [5.41, 5.74) is -0.393. The fourth-order valence-electron chi connectivity index (χ4n) is 4.19. The number of benzene rings is 2. The first-order valence-corrected chi connectivity index (χ1v) is 10.6. The van der Waals surface area contributed by atoms with Crippen molar-refractivity contribution in [3.63, 3.8) is 0 Å². The van der Waals surface area contributed by atoms with Gasteiger partial charge in [0.05, 0.1) is 32.5 Å². The van der Waals surface area contributed by atoms with Gasteiger partial charge in [-0.15, -0.1) is 0 Å². The second-order valence-electron chi connectivity index (χ2n) is 8.01. The highest BCUT2D eigenvalue weighted by molar-refractivity contribution is 5.95. The number of aromatic hydroxyl groups is 3. The van der Waals surface area contributed by atoms with Crippen LogP contribution in [0.4, 0.5) is 0 Å². The van der Waals surface area contributed by atoms with Crippen molar-refractivity contribution in [3.05, 3.63) is 34.9 Å². The highest BCUT2D eigenvalue weighted by Gasteiger charge is 2.52. The minimum Gasteiger partial charge on any atom is -0.504 e. The molecule has 1 saturated heterocycles. The molecule has 13 nitrogen and oxygen atoms in total. The molecule has 0 aromatic heterocycles. The monoisotopic (exact) mass is 508 g/mol. The van der Waals surface area contributed by atoms with Crippen LogP contribution in [0.2, 0.25) is 0 Å². The normalized spacial score (nSPS) is 24.7. The lowest BCUT2D eigenvalue weighted by Crippen LogP contribution is -2.58. The van der Waals surface area contributed by atoms with Crippen LogP contribution in [0.25, 0.3) is 0 Å². The Hall–Kier alpha value is -3.94. The van der Waals surface area contributed by atoms with Crippen molar-refractivity contribution >= 4 is 11.9 Å². The topological polar surface area (TPSA) is 191 Å². The summed E-state index contributed by atoms with van der Waals surface area (Å²) >= 11 is 0. The number of methoxy groups -OCH3 is 3. The molecular weight excluding hydrogens is 484 g/mol. The average molecular weight is 508 g/mol. The Morgan fingerprint density at radius 2 is 1.58 bits per heavy atom. The van der Waals surface area contributed by atoms with E-state index >= 15 is 0 Å². The predicted octanol–water partition coefficient (Wildman–Crippen LogP) is 0.387. The van der Waals surface area contributed by atoms with Crippen LogP contribution in [0, 0.1) is 0 Å². The van der Waals surface area contributed by atoms with E-state index in [0.29, 0.717) is 0 Å². The molecule has 1 fully saturated rings. The minimum atomic E-state index is -1.67. The molecule has 5 unspecified atom stereocenters. The zero-order valence-electron chi connectivity index (χ0n) is 19.3. The highest BCUT2D eigenvalue weighted by atomic mass is 16.6. The summed E-state index contributed by atoms with van der Waals surface area (Å²) in [7, 11) is 3.76. The summed E-state index contributed by atoms with van der Waals surface area (Å²) in [4.78, 5) is 25.1. The predicted molar refractivity (Wildman–Crippen MR) is 117 cm³/mol. The number of phenolic OH excluding ortho intramolecular Hbond substituents is 3. The van der Waals surface area contributed by atoms with Gasteiger partial charge in [0.1, 0.15) is 31.0 Å². The fourth-order valence-corrected chi connectivity index (χ4v) is 4.19. The summed E-state index contributed by atoms with van der Waals surface area (Å²) in [5.74, 6) is -3.71. The Morgan fingerprint density at radius 3 is 2.17 bits per heavy atom. The molecule has 0 bridgehead atoms. The third-order valence-corrected chi connectivity index (χ3v) is 6.01. The number of aliphatic hydroxyl groups excluding tert-OH is 2. The molecule has 36 heavy (non-hydrogen) atoms. The minimum absolute atomic E-state index is 0.0400. The standard InChI is InChI=1S/C23H24O13/c1-31-11-4-8(5-12(32-2)15(11)25)22(29)34-7-13-16(26)18(28)21-20(35-13)14-9(23(30)36-21)6-10(24)19(33-3)17(14)27/h4-6,13,16,18,20-21,24-28H,7H2,1-3H3. The lowest BCUT2D eigenvalue weighted by Gasteiger charge is -2.44. The van der Waals surface area contributed by atoms with Gasteiger partial charge in [-0.3, -0.25) is 0 Å². The van der Waals surface area contributed by atoms with Crippen LogP contribution < -0.4 is 14.2 Å². The zero-order chi connectivity index (χ0) is 26.3. The summed E-state index contributed by atoms with van der Waals surface area (Å²) in [6.07, 6.45) is -7.31. The third kappa shape index (κ3) is 4.06. The Labute approximate surface area is 203 Å². The molecule has 5 atom stereocenters. The zero-order valence-corrected chi connectivity index (χ0v) is 19.3. The molecular formula is C23H24O13. The van der Waals surface area contributed by atoms with Gasteiger partial charge in [0.25, 0.3) is 0 Å². The first kappa shape index (κ1) is 25.2. The van der Waals surface area contributed by atoms with Crippen molar-refractivity contribution in [1.29, 1.82) is 0 Å². The van der Waals surface area contributed by atoms with Crippen molar-refractivity contribution in [2.75, 3.05) is 27.9 Å². The van der Waals surface area contributed by atoms with E-state index in [1.807, 2.05) is 0 Å². The summed E-state index contributed by atoms with van der Waals surface area (Å²) in [6.45, 7) is -0.551. The lowest BCUT2D eigenvalue weighted by molar-refractivity contribution is -0.235. The molecule has 2 aromatic rings. The van der Waals surface area contributed by atoms with E-state index in [-0.39, 0.29) is 39.7 Å². The third-order valence-electron chi connectivity index (χ3n) is 6.01. The van der Waals surface area contributed by atoms with Crippen LogP contribution in [0.15, 0.2) is 18.2 Å². The molecule has 5 N–H and O–H groups in total. The van der Waals surface area contributed by atoms with Gasteiger partial charge in [-0.2, -0.15) is 0 Å². The number of esters is 2. The number of carbonyl (C=O) groups is 2. The highest BCUT2D eigenvalue weighted by Crippen LogP contribution is 2.50. The maximum atomic E-state index is 12.7. The van der Waals surface area contributed by atoms with E-state index in [4.69, 9.17) is 28.4 Å². The SMILES string of the molecule is COc1cc(C(=O)OCC2OC3c4c(cc(O)c(OC)c4O)C(=O)OC3C(O)C2O)cc(OC)c1O. The van der Waals surface area contributed by atoms with Crippen LogP contribution in [0.3, 0.4) is 0 Å². The maximum absolute atomic E-state index is 12.7. The van der Waals surface area contributed by atoms with Gasteiger partial charge in [0.2, 0.25) is 11.5 Å². The van der Waals surface area contributed by atoms with Gasteiger partial charge in [0, 0.05) is 5.56 Å². The van der Waals surface area contributed by atoms with Crippen molar-refractivity contribution in [1.82, 2.24) is 0 Å². The number of ether oxygens (including phenoxy) is 6. The molecule has 2 aromatic carbocycles. The van der Waals surface area contributed by atoms with Crippen LogP contribution in [-0.4, -0.2) is 89.8 Å². The average Bonchev–Trinajstić information content (AvgIpc) is 2.86. The summed E-state index contributed by atoms with van der Waals surface area (Å²) < 4.78 is 31.3. The largest absolute Gasteiger partial charge is 0.504 e. The second kappa shape index (κ2) is 9.60. The number of fused-ring (bicyclic) bond motifs is 3. The van der Waals surface area contributed by atoms with E-state index in [9.17, 15) is 35.1 Å². The van der Waals surface area contributed by atoms with Gasteiger partial charge in [-0.1, -0.05) is 0 Å². The summed E-state index contributed by atoms with van der Waals surface area (Å²) in [5, 5.41) is 51.9. The number of phenols is 3. The van der Waals surface area contributed by atoms with Crippen molar-refractivity contribution in [2.45, 2.75) is 30.5 Å². The quantitative estimate of drug-likeness (QED) is 0.337. The fraction of sp³-hybridized carbons (Fsp3) is 0.391. The lowest BCUT2D eigenvalue weighted by atomic mass is 9.86. The van der Waals surface area contributed by atoms with E-state index in [1.165, 1.54) is 33.5 Å². The Bertz CT molecular complexity index is 1170. The molecule has 2 heterocycles. The number of hydrogen-bond donors (Lipinski definition) is 5. The van der Waals surface area contributed by atoms with Crippen molar-refractivity contribution in [3.8, 4) is 34.5 Å². The van der Waals surface area contributed by atoms with Crippen molar-refractivity contribution < 1.29 is 63.5 Å². The number of rotatable bonds is 6. The molecule has 13 heteroatoms. The smallest absolute Gasteiger partial charge is 0.339 e. The number of carbonyl (C=O) groups excluding carboxylic acids is 2. The van der Waals surface area contributed by atoms with Gasteiger partial charge in [-0.05, 0) is 18.2 Å². The van der Waals surface area contributed by atoms with E-state index < -0.39 is 60.6 Å². The molecule has 0 saturated carbocycles. The molecule has 0 aliphatic carbocycles. The molecule has 2 aliphatic heterocycles. The van der Waals surface area contributed by atoms with Crippen molar-refractivity contribution in [2.24, 2.45) is 0 Å². The number of aliphatic hydroxyl groups is 2. The van der Waals surface area contributed by atoms with E-state index in [2.05, 4.69) is 0 Å². The van der Waals surface area contributed by atoms with E-state index in [0.717, 1.165) is 6.07 Å². The number of hydrogen-bond acceptors (Lipinski definition) is 13. The van der Waals surface area contributed by atoms with Gasteiger partial charge >= 0.3 is 11.9 Å². The molecule has 194 valence electrons. The van der Waals surface area contributed by atoms with Gasteiger partial charge in [-0.25, -0.2) is 9.59 Å². The first-order chi connectivity index (χ1) is 17.1. The summed E-state index contributed by atoms with van der Waals surface area (Å²) in [6, 6.07) is 3.46. The molecule has 0 radical (unpaired) electrons. The Morgan fingerprint density at radius 1 is 0.944 bits per heavy atom. The van der Waals surface area contributed by atoms with Gasteiger partial charge < -0.3 is 54.0 Å². The molecule has 0 spiro atoms. The van der Waals surface area contributed by atoms with Crippen LogP contribution in [0.1, 0.15) is 32.4 Å². The second-order valence-corrected chi connectivity index (χ2v) is 8.01.